The Morgan fingerprint density at radius 1 is 1.43 bits per heavy atom. The predicted molar refractivity (Wildman–Crippen MR) is 50.1 cm³/mol. The molecular weight excluding hydrogens is 180 g/mol. The number of anilines is 1. The van der Waals surface area contributed by atoms with Crippen molar-refractivity contribution >= 4 is 5.69 Å². The number of aliphatic hydroxyl groups is 1. The van der Waals surface area contributed by atoms with Crippen molar-refractivity contribution in [3.05, 3.63) is 48.4 Å². The average Bonchev–Trinajstić information content (AvgIpc) is 2.65. The third kappa shape index (κ3) is 1.44. The third-order valence-electron chi connectivity index (χ3n) is 1.79. The van der Waals surface area contributed by atoms with Crippen LogP contribution in [0.1, 0.15) is 5.56 Å². The first-order chi connectivity index (χ1) is 6.81. The molecule has 68 valence electrons. The van der Waals surface area contributed by atoms with Crippen molar-refractivity contribution in [2.45, 2.75) is 0 Å². The van der Waals surface area contributed by atoms with Crippen LogP contribution < -0.4 is 10.6 Å². The normalized spacial score (nSPS) is 14.7. The van der Waals surface area contributed by atoms with Gasteiger partial charge in [-0.25, -0.2) is 0 Å². The van der Waals surface area contributed by atoms with Gasteiger partial charge in [-0.2, -0.15) is 0 Å². The van der Waals surface area contributed by atoms with E-state index in [1.807, 2.05) is 6.07 Å². The van der Waals surface area contributed by atoms with Gasteiger partial charge in [0.1, 0.15) is 0 Å². The number of benzene rings is 1. The molecule has 0 amide bonds. The molecule has 0 aromatic heterocycles. The van der Waals surface area contributed by atoms with Crippen molar-refractivity contribution in [3.63, 3.8) is 0 Å². The topological polar surface area (TPSA) is 44.7 Å². The van der Waals surface area contributed by atoms with Crippen molar-refractivity contribution in [3.8, 4) is 5.92 Å². The molecule has 1 aromatic carbocycles. The van der Waals surface area contributed by atoms with Crippen LogP contribution in [0.25, 0.3) is 0 Å². The van der Waals surface area contributed by atoms with E-state index in [1.54, 1.807) is 18.2 Å². The number of hydrogen-bond donors (Lipinski definition) is 2. The zero-order valence-corrected chi connectivity index (χ0v) is 7.19. The van der Waals surface area contributed by atoms with Crippen LogP contribution in [0.4, 0.5) is 5.69 Å². The zero-order chi connectivity index (χ0) is 9.97. The quantitative estimate of drug-likeness (QED) is 0.513. The SMILES string of the molecule is [C+]#Cc1ccccc1N1C=C(O)ON1. The maximum atomic E-state index is 8.99. The van der Waals surface area contributed by atoms with Gasteiger partial charge < -0.3 is 0 Å². The summed E-state index contributed by atoms with van der Waals surface area (Å²) in [4.78, 5) is 4.62. The number of para-hydroxylation sites is 1. The Bertz CT molecular complexity index is 420. The molecule has 0 atom stereocenters. The Morgan fingerprint density at radius 3 is 2.86 bits per heavy atom. The number of nitrogens with one attached hydrogen (secondary N) is 1. The van der Waals surface area contributed by atoms with Gasteiger partial charge in [0.15, 0.2) is 0 Å². The standard InChI is InChI=1S/C10H6N2O2/c1-2-8-5-3-4-6-9(8)12-7-10(13)14-11-12/h3-7,11H/p+1. The number of hydrogen-bond acceptors (Lipinski definition) is 4. The van der Waals surface area contributed by atoms with E-state index < -0.39 is 0 Å². The number of nitrogens with zero attached hydrogens (tertiary/aromatic N) is 1. The first-order valence-electron chi connectivity index (χ1n) is 3.95. The second kappa shape index (κ2) is 3.46. The van der Waals surface area contributed by atoms with Crippen LogP contribution in [0.5, 0.6) is 0 Å². The Labute approximate surface area is 81.3 Å². The molecule has 0 fully saturated rings. The zero-order valence-electron chi connectivity index (χ0n) is 7.19. The van der Waals surface area contributed by atoms with Gasteiger partial charge in [0.2, 0.25) is 0 Å². The molecule has 0 unspecified atom stereocenters. The van der Waals surface area contributed by atoms with E-state index in [0.717, 1.165) is 0 Å². The van der Waals surface area contributed by atoms with E-state index in [0.29, 0.717) is 11.3 Å². The Hall–Kier alpha value is -1.90. The van der Waals surface area contributed by atoms with Gasteiger partial charge in [-0.1, -0.05) is 0 Å². The van der Waals surface area contributed by atoms with Gasteiger partial charge in [0.25, 0.3) is 0 Å². The van der Waals surface area contributed by atoms with E-state index >= 15 is 0 Å². The fourth-order valence-corrected chi connectivity index (χ4v) is 1.17. The molecule has 0 bridgehead atoms. The summed E-state index contributed by atoms with van der Waals surface area (Å²) in [7, 11) is 0. The van der Waals surface area contributed by atoms with E-state index in [9.17, 15) is 0 Å². The Kier molecular flexibility index (Phi) is 2.14. The van der Waals surface area contributed by atoms with Crippen LogP contribution in [-0.4, -0.2) is 5.11 Å². The van der Waals surface area contributed by atoms with Crippen molar-refractivity contribution in [1.82, 2.24) is 5.59 Å². The Balaban J connectivity index is 2.38. The fourth-order valence-electron chi connectivity index (χ4n) is 1.17. The van der Waals surface area contributed by atoms with Crippen molar-refractivity contribution in [2.24, 2.45) is 0 Å². The summed E-state index contributed by atoms with van der Waals surface area (Å²) in [6.07, 6.45) is 8.44. The molecule has 1 aliphatic heterocycles. The second-order valence-corrected chi connectivity index (χ2v) is 2.67. The summed E-state index contributed by atoms with van der Waals surface area (Å²) < 4.78 is 0. The maximum absolute atomic E-state index is 8.99. The van der Waals surface area contributed by atoms with Gasteiger partial charge in [-0.05, 0) is 0 Å². The average molecular weight is 187 g/mol. The summed E-state index contributed by atoms with van der Waals surface area (Å²) in [5.74, 6) is 2.07. The molecule has 0 radical (unpaired) electrons. The third-order valence-corrected chi connectivity index (χ3v) is 1.79. The fraction of sp³-hybridized carbons (Fsp3) is 0. The Morgan fingerprint density at radius 2 is 2.21 bits per heavy atom. The van der Waals surface area contributed by atoms with E-state index in [4.69, 9.17) is 11.5 Å². The molecule has 0 saturated carbocycles. The van der Waals surface area contributed by atoms with Crippen LogP contribution in [0.15, 0.2) is 36.4 Å². The van der Waals surface area contributed by atoms with Gasteiger partial charge >= 0.3 is 80.5 Å². The molecule has 0 spiro atoms. The monoisotopic (exact) mass is 187 g/mol. The summed E-state index contributed by atoms with van der Waals surface area (Å²) in [5, 5.41) is 10.5. The molecule has 0 saturated heterocycles. The molecule has 1 aromatic rings. The molecule has 0 aliphatic carbocycles. The predicted octanol–water partition coefficient (Wildman–Crippen LogP) is 1.24. The van der Waals surface area contributed by atoms with E-state index in [2.05, 4.69) is 16.3 Å². The van der Waals surface area contributed by atoms with Crippen molar-refractivity contribution < 1.29 is 9.94 Å². The van der Waals surface area contributed by atoms with Crippen LogP contribution in [0, 0.1) is 12.3 Å². The summed E-state index contributed by atoms with van der Waals surface area (Å²) in [6.45, 7) is 0. The molecule has 2 N–H and O–H groups in total. The van der Waals surface area contributed by atoms with E-state index in [1.165, 1.54) is 11.2 Å². The number of hydrazine groups is 1. The van der Waals surface area contributed by atoms with Gasteiger partial charge in [-0.15, -0.1) is 0 Å². The minimum atomic E-state index is -0.218. The van der Waals surface area contributed by atoms with Crippen LogP contribution in [0.3, 0.4) is 0 Å². The molecule has 2 rings (SSSR count). The number of aliphatic hydroxyl groups excluding tert-OH is 1. The van der Waals surface area contributed by atoms with Crippen molar-refractivity contribution in [1.29, 1.82) is 0 Å². The molecular formula is C10H7N2O2+. The molecule has 1 aliphatic rings. The summed E-state index contributed by atoms with van der Waals surface area (Å²) in [6, 6.07) is 7.15. The first kappa shape index (κ1) is 8.69. The van der Waals surface area contributed by atoms with Gasteiger partial charge in [-0.3, -0.25) is 0 Å². The summed E-state index contributed by atoms with van der Waals surface area (Å²) >= 11 is 0. The van der Waals surface area contributed by atoms with Gasteiger partial charge in [0.05, 0.1) is 0 Å². The summed E-state index contributed by atoms with van der Waals surface area (Å²) in [5.41, 5.74) is 3.76. The molecule has 4 heteroatoms. The van der Waals surface area contributed by atoms with Crippen LogP contribution in [0.2, 0.25) is 0 Å². The first-order valence-corrected chi connectivity index (χ1v) is 3.95. The molecule has 14 heavy (non-hydrogen) atoms. The molecule has 1 heterocycles. The molecule has 4 nitrogen and oxygen atoms in total. The minimum absolute atomic E-state index is 0.218. The van der Waals surface area contributed by atoms with Crippen molar-refractivity contribution in [2.75, 3.05) is 5.01 Å². The van der Waals surface area contributed by atoms with Gasteiger partial charge in [0, 0.05) is 0 Å². The van der Waals surface area contributed by atoms with Crippen LogP contribution >= 0.6 is 0 Å². The van der Waals surface area contributed by atoms with E-state index in [-0.39, 0.29) is 5.95 Å². The second-order valence-electron chi connectivity index (χ2n) is 2.67. The van der Waals surface area contributed by atoms with Crippen LogP contribution in [-0.2, 0) is 4.84 Å². The number of rotatable bonds is 1.